The topological polar surface area (TPSA) is 74.7 Å². The van der Waals surface area contributed by atoms with Crippen molar-refractivity contribution >= 4 is 15.7 Å². The molecule has 3 rings (SSSR count). The minimum absolute atomic E-state index is 0.259. The molecule has 0 spiro atoms. The SMILES string of the molecule is CC(C)(C1CCN(C(=O)C(O)c2ccccc2)CC1)S(=O)(=O)c1cccc(C(F)(F)F)c1. The van der Waals surface area contributed by atoms with E-state index in [-0.39, 0.29) is 23.9 Å². The van der Waals surface area contributed by atoms with Crippen LogP contribution in [-0.2, 0) is 20.8 Å². The number of carbonyl (C=O) groups is 1. The summed E-state index contributed by atoms with van der Waals surface area (Å²) in [5, 5.41) is 10.4. The number of hydrogen-bond acceptors (Lipinski definition) is 4. The third-order valence-corrected chi connectivity index (χ3v) is 8.90. The molecule has 1 aliphatic heterocycles. The van der Waals surface area contributed by atoms with Gasteiger partial charge in [-0.1, -0.05) is 36.4 Å². The number of carbonyl (C=O) groups excluding carboxylic acids is 1. The lowest BCUT2D eigenvalue weighted by molar-refractivity contribution is -0.142. The van der Waals surface area contributed by atoms with Gasteiger partial charge in [-0.25, -0.2) is 8.42 Å². The van der Waals surface area contributed by atoms with E-state index < -0.39 is 38.3 Å². The van der Waals surface area contributed by atoms with Gasteiger partial charge in [0.15, 0.2) is 15.9 Å². The van der Waals surface area contributed by atoms with Gasteiger partial charge in [-0.3, -0.25) is 4.79 Å². The van der Waals surface area contributed by atoms with Gasteiger partial charge in [0.2, 0.25) is 0 Å². The van der Waals surface area contributed by atoms with Crippen molar-refractivity contribution in [2.75, 3.05) is 13.1 Å². The van der Waals surface area contributed by atoms with Crippen molar-refractivity contribution in [3.05, 3.63) is 65.7 Å². The molecule has 1 unspecified atom stereocenters. The fourth-order valence-corrected chi connectivity index (χ4v) is 5.93. The number of likely N-dealkylation sites (tertiary alicyclic amines) is 1. The number of rotatable bonds is 5. The lowest BCUT2D eigenvalue weighted by Gasteiger charge is -2.40. The minimum Gasteiger partial charge on any atom is -0.378 e. The summed E-state index contributed by atoms with van der Waals surface area (Å²) in [5.41, 5.74) is -0.531. The second-order valence-electron chi connectivity index (χ2n) is 8.55. The van der Waals surface area contributed by atoms with Crippen molar-refractivity contribution in [3.8, 4) is 0 Å². The second kappa shape index (κ2) is 8.86. The predicted octanol–water partition coefficient (Wildman–Crippen LogP) is 4.23. The number of amides is 1. The van der Waals surface area contributed by atoms with Crippen LogP contribution in [-0.4, -0.2) is 42.2 Å². The van der Waals surface area contributed by atoms with Crippen LogP contribution >= 0.6 is 0 Å². The lowest BCUT2D eigenvalue weighted by Crippen LogP contribution is -2.48. The molecule has 2 aromatic rings. The lowest BCUT2D eigenvalue weighted by atomic mass is 9.85. The number of aliphatic hydroxyl groups excluding tert-OH is 1. The van der Waals surface area contributed by atoms with Crippen LogP contribution in [0.5, 0.6) is 0 Å². The zero-order valence-electron chi connectivity index (χ0n) is 17.8. The minimum atomic E-state index is -4.64. The monoisotopic (exact) mass is 469 g/mol. The molecule has 1 saturated heterocycles. The number of piperidine rings is 1. The number of hydrogen-bond donors (Lipinski definition) is 1. The normalized spacial score (nSPS) is 17.2. The number of alkyl halides is 3. The van der Waals surface area contributed by atoms with Gasteiger partial charge in [-0.15, -0.1) is 0 Å². The van der Waals surface area contributed by atoms with Gasteiger partial charge >= 0.3 is 6.18 Å². The number of nitrogens with zero attached hydrogens (tertiary/aromatic N) is 1. The zero-order valence-corrected chi connectivity index (χ0v) is 18.7. The summed E-state index contributed by atoms with van der Waals surface area (Å²) in [6.45, 7) is 3.55. The number of sulfone groups is 1. The summed E-state index contributed by atoms with van der Waals surface area (Å²) < 4.78 is 64.4. The van der Waals surface area contributed by atoms with Crippen molar-refractivity contribution in [2.24, 2.45) is 5.92 Å². The van der Waals surface area contributed by atoms with Gasteiger partial charge in [-0.2, -0.15) is 13.2 Å². The standard InChI is InChI=1S/C23H26F3NO4S/c1-22(2,32(30,31)19-10-6-9-18(15-19)23(24,25)26)17-11-13-27(14-12-17)21(29)20(28)16-7-4-3-5-8-16/h3-10,15,17,20,28H,11-14H2,1-2H3. The molecule has 1 heterocycles. The van der Waals surface area contributed by atoms with E-state index in [0.717, 1.165) is 12.1 Å². The summed E-state index contributed by atoms with van der Waals surface area (Å²) in [6.07, 6.45) is -5.22. The molecular formula is C23H26F3NO4S. The van der Waals surface area contributed by atoms with Crippen molar-refractivity contribution in [3.63, 3.8) is 0 Å². The maximum atomic E-state index is 13.3. The molecule has 0 aliphatic carbocycles. The molecular weight excluding hydrogens is 443 g/mol. The van der Waals surface area contributed by atoms with Crippen LogP contribution in [0, 0.1) is 5.92 Å². The molecule has 0 aromatic heterocycles. The Hall–Kier alpha value is -2.39. The van der Waals surface area contributed by atoms with Gasteiger partial charge in [0.05, 0.1) is 15.2 Å². The summed E-state index contributed by atoms with van der Waals surface area (Å²) in [4.78, 5) is 13.8. The van der Waals surface area contributed by atoms with E-state index in [1.165, 1.54) is 24.8 Å². The van der Waals surface area contributed by atoms with Crippen LogP contribution in [0.15, 0.2) is 59.5 Å². The molecule has 5 nitrogen and oxygen atoms in total. The zero-order chi connectivity index (χ0) is 23.7. The van der Waals surface area contributed by atoms with E-state index in [4.69, 9.17) is 0 Å². The molecule has 174 valence electrons. The summed E-state index contributed by atoms with van der Waals surface area (Å²) in [7, 11) is -4.07. The summed E-state index contributed by atoms with van der Waals surface area (Å²) >= 11 is 0. The van der Waals surface area contributed by atoms with Crippen LogP contribution < -0.4 is 0 Å². The van der Waals surface area contributed by atoms with Crippen LogP contribution in [0.2, 0.25) is 0 Å². The van der Waals surface area contributed by atoms with E-state index in [9.17, 15) is 31.5 Å². The highest BCUT2D eigenvalue weighted by Crippen LogP contribution is 2.39. The Labute approximate surface area is 185 Å². The van der Waals surface area contributed by atoms with Gasteiger partial charge in [0.25, 0.3) is 5.91 Å². The first-order chi connectivity index (χ1) is 14.9. The first-order valence-corrected chi connectivity index (χ1v) is 11.8. The van der Waals surface area contributed by atoms with E-state index in [0.29, 0.717) is 24.5 Å². The maximum Gasteiger partial charge on any atom is 0.416 e. The van der Waals surface area contributed by atoms with Gasteiger partial charge in [0.1, 0.15) is 0 Å². The Kier molecular flexibility index (Phi) is 6.72. The predicted molar refractivity (Wildman–Crippen MR) is 113 cm³/mol. The second-order valence-corrected chi connectivity index (χ2v) is 11.1. The molecule has 1 aliphatic rings. The van der Waals surface area contributed by atoms with Crippen LogP contribution in [0.3, 0.4) is 0 Å². The van der Waals surface area contributed by atoms with Gasteiger partial charge in [-0.05, 0) is 56.4 Å². The Balaban J connectivity index is 1.73. The Morgan fingerprint density at radius 2 is 1.62 bits per heavy atom. The van der Waals surface area contributed by atoms with Crippen molar-refractivity contribution in [1.29, 1.82) is 0 Å². The highest BCUT2D eigenvalue weighted by molar-refractivity contribution is 7.92. The molecule has 1 amide bonds. The third kappa shape index (κ3) is 4.68. The summed E-state index contributed by atoms with van der Waals surface area (Å²) in [6, 6.07) is 12.3. The molecule has 0 radical (unpaired) electrons. The molecule has 2 aromatic carbocycles. The molecule has 1 atom stereocenters. The van der Waals surface area contributed by atoms with E-state index in [1.807, 2.05) is 0 Å². The molecule has 9 heteroatoms. The van der Waals surface area contributed by atoms with Crippen molar-refractivity contribution in [2.45, 2.75) is 48.6 Å². The quantitative estimate of drug-likeness (QED) is 0.711. The van der Waals surface area contributed by atoms with Crippen LogP contribution in [0.4, 0.5) is 13.2 Å². The average molecular weight is 470 g/mol. The molecule has 1 N–H and O–H groups in total. The Morgan fingerprint density at radius 1 is 1.03 bits per heavy atom. The summed E-state index contributed by atoms with van der Waals surface area (Å²) in [5.74, 6) is -0.812. The van der Waals surface area contributed by atoms with E-state index in [2.05, 4.69) is 0 Å². The first kappa shape index (κ1) is 24.3. The molecule has 0 bridgehead atoms. The van der Waals surface area contributed by atoms with E-state index in [1.54, 1.807) is 30.3 Å². The third-order valence-electron chi connectivity index (χ3n) is 6.30. The Morgan fingerprint density at radius 3 is 2.19 bits per heavy atom. The Bertz CT molecular complexity index is 1060. The molecule has 32 heavy (non-hydrogen) atoms. The molecule has 1 fully saturated rings. The fourth-order valence-electron chi connectivity index (χ4n) is 4.11. The number of aliphatic hydroxyl groups is 1. The first-order valence-electron chi connectivity index (χ1n) is 10.3. The smallest absolute Gasteiger partial charge is 0.378 e. The highest BCUT2D eigenvalue weighted by Gasteiger charge is 2.45. The largest absolute Gasteiger partial charge is 0.416 e. The van der Waals surface area contributed by atoms with Gasteiger partial charge < -0.3 is 10.0 Å². The maximum absolute atomic E-state index is 13.3. The van der Waals surface area contributed by atoms with E-state index >= 15 is 0 Å². The van der Waals surface area contributed by atoms with Crippen LogP contribution in [0.1, 0.15) is 43.9 Å². The number of benzene rings is 2. The van der Waals surface area contributed by atoms with Crippen molar-refractivity contribution < 1.29 is 31.5 Å². The molecule has 0 saturated carbocycles. The fraction of sp³-hybridized carbons (Fsp3) is 0.435. The van der Waals surface area contributed by atoms with Gasteiger partial charge in [0, 0.05) is 13.1 Å². The number of halogens is 3. The highest BCUT2D eigenvalue weighted by atomic mass is 32.2. The van der Waals surface area contributed by atoms with Crippen LogP contribution in [0.25, 0.3) is 0 Å². The average Bonchev–Trinajstić information content (AvgIpc) is 2.78. The van der Waals surface area contributed by atoms with Crippen molar-refractivity contribution in [1.82, 2.24) is 4.90 Å².